The fraction of sp³-hybridized carbons (Fsp3) is 0.647. The van der Waals surface area contributed by atoms with Gasteiger partial charge in [-0.2, -0.15) is 0 Å². The average molecular weight is 245 g/mol. The summed E-state index contributed by atoms with van der Waals surface area (Å²) in [6, 6.07) is 9.56. The van der Waals surface area contributed by atoms with Gasteiger partial charge in [0.25, 0.3) is 0 Å². The second kappa shape index (κ2) is 5.44. The van der Waals surface area contributed by atoms with Gasteiger partial charge in [-0.1, -0.05) is 52.0 Å². The number of rotatable bonds is 4. The lowest BCUT2D eigenvalue weighted by Gasteiger charge is -2.36. The molecular formula is C17H27N. The van der Waals surface area contributed by atoms with Gasteiger partial charge in [0.2, 0.25) is 0 Å². The molecule has 0 saturated carbocycles. The summed E-state index contributed by atoms with van der Waals surface area (Å²) in [7, 11) is 0. The van der Waals surface area contributed by atoms with Crippen LogP contribution in [0.3, 0.4) is 0 Å². The maximum Gasteiger partial charge on any atom is 0.0150 e. The average Bonchev–Trinajstić information content (AvgIpc) is 2.70. The van der Waals surface area contributed by atoms with E-state index in [0.29, 0.717) is 11.5 Å². The molecule has 0 heterocycles. The Morgan fingerprint density at radius 1 is 1.17 bits per heavy atom. The molecular weight excluding hydrogens is 218 g/mol. The van der Waals surface area contributed by atoms with E-state index in [0.717, 1.165) is 12.5 Å². The highest BCUT2D eigenvalue weighted by molar-refractivity contribution is 5.32. The summed E-state index contributed by atoms with van der Waals surface area (Å²) in [5.74, 6) is 0.758. The van der Waals surface area contributed by atoms with E-state index < -0.39 is 0 Å². The molecule has 0 bridgehead atoms. The highest BCUT2D eigenvalue weighted by atomic mass is 14.9. The van der Waals surface area contributed by atoms with Crippen LogP contribution in [0.4, 0.5) is 0 Å². The lowest BCUT2D eigenvalue weighted by atomic mass is 9.77. The molecule has 100 valence electrons. The van der Waals surface area contributed by atoms with Gasteiger partial charge in [0, 0.05) is 6.04 Å². The number of nitrogens with one attached hydrogen (secondary N) is 1. The van der Waals surface area contributed by atoms with Crippen molar-refractivity contribution in [3.8, 4) is 0 Å². The Bertz CT molecular complexity index is 364. The Morgan fingerprint density at radius 3 is 2.17 bits per heavy atom. The molecule has 1 aliphatic carbocycles. The van der Waals surface area contributed by atoms with E-state index in [2.05, 4.69) is 57.3 Å². The minimum absolute atomic E-state index is 0.335. The molecule has 1 atom stereocenters. The molecule has 18 heavy (non-hydrogen) atoms. The van der Waals surface area contributed by atoms with Crippen molar-refractivity contribution >= 4 is 0 Å². The molecule has 0 amide bonds. The summed E-state index contributed by atoms with van der Waals surface area (Å²) >= 11 is 0. The van der Waals surface area contributed by atoms with Crippen LogP contribution in [0.25, 0.3) is 0 Å². The van der Waals surface area contributed by atoms with Crippen LogP contribution in [0, 0.1) is 11.3 Å². The number of hydrogen-bond donors (Lipinski definition) is 1. The predicted molar refractivity (Wildman–Crippen MR) is 78.9 cm³/mol. The minimum Gasteiger partial charge on any atom is -0.313 e. The first kappa shape index (κ1) is 13.6. The van der Waals surface area contributed by atoms with E-state index >= 15 is 0 Å². The summed E-state index contributed by atoms with van der Waals surface area (Å²) < 4.78 is 0. The van der Waals surface area contributed by atoms with Crippen LogP contribution in [0.5, 0.6) is 0 Å². The Labute approximate surface area is 112 Å². The first-order valence-electron chi connectivity index (χ1n) is 7.32. The predicted octanol–water partition coefficient (Wildman–Crippen LogP) is 3.82. The molecule has 1 heteroatoms. The van der Waals surface area contributed by atoms with Crippen LogP contribution in [-0.2, 0) is 12.8 Å². The van der Waals surface area contributed by atoms with Gasteiger partial charge in [-0.25, -0.2) is 0 Å². The molecule has 0 aliphatic heterocycles. The van der Waals surface area contributed by atoms with E-state index in [1.807, 2.05) is 0 Å². The molecule has 1 nitrogen and oxygen atoms in total. The van der Waals surface area contributed by atoms with Crippen molar-refractivity contribution in [1.29, 1.82) is 0 Å². The first-order chi connectivity index (χ1) is 8.52. The standard InChI is InChI=1S/C17H27N/c1-5-10-18-16(17(2,3)4)15-11-13-8-6-7-9-14(13)12-15/h6-9,15-16,18H,5,10-12H2,1-4H3. The van der Waals surface area contributed by atoms with Gasteiger partial charge in [0.15, 0.2) is 0 Å². The highest BCUT2D eigenvalue weighted by Gasteiger charge is 2.35. The van der Waals surface area contributed by atoms with Crippen molar-refractivity contribution in [3.05, 3.63) is 35.4 Å². The Morgan fingerprint density at radius 2 is 1.72 bits per heavy atom. The molecule has 1 unspecified atom stereocenters. The van der Waals surface area contributed by atoms with Gasteiger partial charge in [-0.15, -0.1) is 0 Å². The first-order valence-corrected chi connectivity index (χ1v) is 7.32. The van der Waals surface area contributed by atoms with E-state index in [1.165, 1.54) is 19.3 Å². The largest absolute Gasteiger partial charge is 0.313 e. The zero-order valence-electron chi connectivity index (χ0n) is 12.3. The Kier molecular flexibility index (Phi) is 4.11. The van der Waals surface area contributed by atoms with Crippen molar-refractivity contribution < 1.29 is 0 Å². The number of hydrogen-bond acceptors (Lipinski definition) is 1. The normalized spacial score (nSPS) is 17.8. The lowest BCUT2D eigenvalue weighted by Crippen LogP contribution is -2.46. The maximum absolute atomic E-state index is 3.79. The van der Waals surface area contributed by atoms with Crippen LogP contribution in [0.15, 0.2) is 24.3 Å². The van der Waals surface area contributed by atoms with Crippen molar-refractivity contribution in [2.24, 2.45) is 11.3 Å². The van der Waals surface area contributed by atoms with Gasteiger partial charge >= 0.3 is 0 Å². The van der Waals surface area contributed by atoms with Crippen LogP contribution in [0.2, 0.25) is 0 Å². The van der Waals surface area contributed by atoms with Crippen LogP contribution in [-0.4, -0.2) is 12.6 Å². The van der Waals surface area contributed by atoms with Gasteiger partial charge in [-0.3, -0.25) is 0 Å². The van der Waals surface area contributed by atoms with Crippen LogP contribution < -0.4 is 5.32 Å². The molecule has 0 saturated heterocycles. The third kappa shape index (κ3) is 2.95. The summed E-state index contributed by atoms with van der Waals surface area (Å²) in [4.78, 5) is 0. The van der Waals surface area contributed by atoms with Crippen molar-refractivity contribution in [1.82, 2.24) is 5.32 Å². The number of fused-ring (bicyclic) bond motifs is 1. The van der Waals surface area contributed by atoms with Crippen molar-refractivity contribution in [3.63, 3.8) is 0 Å². The van der Waals surface area contributed by atoms with Gasteiger partial charge < -0.3 is 5.32 Å². The van der Waals surface area contributed by atoms with Crippen molar-refractivity contribution in [2.45, 2.75) is 53.0 Å². The fourth-order valence-electron chi connectivity index (χ4n) is 3.31. The third-order valence-electron chi connectivity index (χ3n) is 4.10. The van der Waals surface area contributed by atoms with Gasteiger partial charge in [0.05, 0.1) is 0 Å². The van der Waals surface area contributed by atoms with Crippen LogP contribution >= 0.6 is 0 Å². The molecule has 0 aromatic heterocycles. The van der Waals surface area contributed by atoms with Gasteiger partial charge in [-0.05, 0) is 48.3 Å². The van der Waals surface area contributed by atoms with E-state index in [-0.39, 0.29) is 0 Å². The monoisotopic (exact) mass is 245 g/mol. The minimum atomic E-state index is 0.335. The van der Waals surface area contributed by atoms with E-state index in [4.69, 9.17) is 0 Å². The third-order valence-corrected chi connectivity index (χ3v) is 4.10. The SMILES string of the molecule is CCCNC(C1Cc2ccccc2C1)C(C)(C)C. The van der Waals surface area contributed by atoms with Crippen LogP contribution in [0.1, 0.15) is 45.2 Å². The second-order valence-electron chi connectivity index (χ2n) is 6.73. The summed E-state index contributed by atoms with van der Waals surface area (Å²) in [6.45, 7) is 10.5. The number of benzene rings is 1. The van der Waals surface area contributed by atoms with Gasteiger partial charge in [0.1, 0.15) is 0 Å². The summed E-state index contributed by atoms with van der Waals surface area (Å²) in [5.41, 5.74) is 3.46. The quantitative estimate of drug-likeness (QED) is 0.850. The molecule has 0 spiro atoms. The van der Waals surface area contributed by atoms with Crippen molar-refractivity contribution in [2.75, 3.05) is 6.54 Å². The smallest absolute Gasteiger partial charge is 0.0150 e. The van der Waals surface area contributed by atoms with E-state index in [1.54, 1.807) is 11.1 Å². The van der Waals surface area contributed by atoms with E-state index in [9.17, 15) is 0 Å². The molecule has 1 N–H and O–H groups in total. The zero-order valence-corrected chi connectivity index (χ0v) is 12.3. The maximum atomic E-state index is 3.79. The topological polar surface area (TPSA) is 12.0 Å². The Balaban J connectivity index is 2.10. The molecule has 1 aliphatic rings. The molecule has 1 aromatic carbocycles. The highest BCUT2D eigenvalue weighted by Crippen LogP contribution is 2.35. The molecule has 2 rings (SSSR count). The summed E-state index contributed by atoms with van der Waals surface area (Å²) in [6.07, 6.45) is 3.70. The Hall–Kier alpha value is -0.820. The molecule has 0 radical (unpaired) electrons. The molecule has 1 aromatic rings. The lowest BCUT2D eigenvalue weighted by molar-refractivity contribution is 0.196. The zero-order chi connectivity index (χ0) is 13.2. The second-order valence-corrected chi connectivity index (χ2v) is 6.73. The fourth-order valence-corrected chi connectivity index (χ4v) is 3.31. The molecule has 0 fully saturated rings. The summed E-state index contributed by atoms with van der Waals surface area (Å²) in [5, 5.41) is 3.79.